The van der Waals surface area contributed by atoms with Crippen LogP contribution in [0.15, 0.2) is 6.20 Å². The summed E-state index contributed by atoms with van der Waals surface area (Å²) in [6.45, 7) is -0.513. The van der Waals surface area contributed by atoms with Gasteiger partial charge < -0.3 is 30.8 Å². The molecule has 9 heteroatoms. The van der Waals surface area contributed by atoms with E-state index in [2.05, 4.69) is 9.97 Å². The fourth-order valence-corrected chi connectivity index (χ4v) is 1.84. The third-order valence-electron chi connectivity index (χ3n) is 2.87. The van der Waals surface area contributed by atoms with E-state index in [9.17, 15) is 15.0 Å². The molecule has 1 aromatic rings. The van der Waals surface area contributed by atoms with Gasteiger partial charge in [-0.25, -0.2) is 4.98 Å². The van der Waals surface area contributed by atoms with Crippen molar-refractivity contribution in [1.29, 1.82) is 0 Å². The predicted octanol–water partition coefficient (Wildman–Crippen LogP) is -3.27. The SMILES string of the molecule is NC(=O)c1c[nH]c(C2(N)O[C@H](CO)[C@@H](O)[C@H]2O)n1. The van der Waals surface area contributed by atoms with E-state index in [1.165, 1.54) is 6.20 Å². The van der Waals surface area contributed by atoms with Gasteiger partial charge in [0.25, 0.3) is 5.91 Å². The maximum atomic E-state index is 10.9. The number of aliphatic hydroxyl groups excluding tert-OH is 3. The van der Waals surface area contributed by atoms with Crippen LogP contribution in [0, 0.1) is 0 Å². The Balaban J connectivity index is 2.33. The lowest BCUT2D eigenvalue weighted by molar-refractivity contribution is -0.0990. The Morgan fingerprint density at radius 1 is 1.61 bits per heavy atom. The number of aliphatic hydroxyl groups is 3. The number of aromatic nitrogens is 2. The lowest BCUT2D eigenvalue weighted by atomic mass is 10.0. The number of carbonyl (C=O) groups excluding carboxylic acids is 1. The fourth-order valence-electron chi connectivity index (χ4n) is 1.84. The first-order valence-corrected chi connectivity index (χ1v) is 5.19. The molecule has 8 N–H and O–H groups in total. The van der Waals surface area contributed by atoms with Gasteiger partial charge >= 0.3 is 0 Å². The average molecular weight is 258 g/mol. The van der Waals surface area contributed by atoms with Crippen LogP contribution in [-0.2, 0) is 10.5 Å². The highest BCUT2D eigenvalue weighted by Crippen LogP contribution is 2.33. The zero-order valence-corrected chi connectivity index (χ0v) is 9.28. The number of nitrogens with zero attached hydrogens (tertiary/aromatic N) is 1. The average Bonchev–Trinajstić information content (AvgIpc) is 2.90. The molecule has 0 radical (unpaired) electrons. The first kappa shape index (κ1) is 12.9. The Bertz CT molecular complexity index is 464. The predicted molar refractivity (Wildman–Crippen MR) is 56.9 cm³/mol. The van der Waals surface area contributed by atoms with Crippen LogP contribution in [0.5, 0.6) is 0 Å². The molecule has 2 rings (SSSR count). The number of ether oxygens (including phenoxy) is 1. The Labute approximate surface area is 101 Å². The summed E-state index contributed by atoms with van der Waals surface area (Å²) in [5.74, 6) is -0.827. The van der Waals surface area contributed by atoms with Crippen LogP contribution in [0.4, 0.5) is 0 Å². The molecule has 0 bridgehead atoms. The quantitative estimate of drug-likeness (QED) is 0.330. The van der Waals surface area contributed by atoms with Crippen molar-refractivity contribution < 1.29 is 24.9 Å². The van der Waals surface area contributed by atoms with Gasteiger partial charge in [-0.3, -0.25) is 10.5 Å². The number of H-pyrrole nitrogens is 1. The highest BCUT2D eigenvalue weighted by molar-refractivity contribution is 5.90. The van der Waals surface area contributed by atoms with Gasteiger partial charge in [-0.1, -0.05) is 0 Å². The zero-order chi connectivity index (χ0) is 13.5. The van der Waals surface area contributed by atoms with Crippen LogP contribution in [-0.4, -0.2) is 56.1 Å². The molecule has 18 heavy (non-hydrogen) atoms. The smallest absolute Gasteiger partial charge is 0.268 e. The maximum absolute atomic E-state index is 10.9. The molecule has 0 aliphatic carbocycles. The van der Waals surface area contributed by atoms with Crippen molar-refractivity contribution in [1.82, 2.24) is 9.97 Å². The van der Waals surface area contributed by atoms with Gasteiger partial charge in [0.15, 0.2) is 5.82 Å². The monoisotopic (exact) mass is 258 g/mol. The van der Waals surface area contributed by atoms with Crippen molar-refractivity contribution in [2.45, 2.75) is 24.0 Å². The number of carbonyl (C=O) groups is 1. The molecule has 0 aromatic carbocycles. The second-order valence-corrected chi connectivity index (χ2v) is 4.07. The number of amides is 1. The highest BCUT2D eigenvalue weighted by atomic mass is 16.6. The number of hydrogen-bond acceptors (Lipinski definition) is 7. The van der Waals surface area contributed by atoms with E-state index in [1.807, 2.05) is 0 Å². The summed E-state index contributed by atoms with van der Waals surface area (Å²) in [7, 11) is 0. The van der Waals surface area contributed by atoms with E-state index in [0.29, 0.717) is 0 Å². The molecule has 100 valence electrons. The number of nitrogens with one attached hydrogen (secondary N) is 1. The summed E-state index contributed by atoms with van der Waals surface area (Å²) in [6.07, 6.45) is -2.68. The van der Waals surface area contributed by atoms with Crippen molar-refractivity contribution in [3.8, 4) is 0 Å². The van der Waals surface area contributed by atoms with Crippen molar-refractivity contribution in [3.05, 3.63) is 17.7 Å². The number of rotatable bonds is 3. The number of hydrogen-bond donors (Lipinski definition) is 6. The molecule has 1 unspecified atom stereocenters. The number of nitrogens with two attached hydrogens (primary N) is 2. The fraction of sp³-hybridized carbons (Fsp3) is 0.556. The van der Waals surface area contributed by atoms with Crippen LogP contribution in [0.1, 0.15) is 16.3 Å². The summed E-state index contributed by atoms with van der Waals surface area (Å²) < 4.78 is 5.18. The zero-order valence-electron chi connectivity index (χ0n) is 9.28. The molecule has 9 nitrogen and oxygen atoms in total. The number of aromatic amines is 1. The molecule has 0 spiro atoms. The Morgan fingerprint density at radius 2 is 2.28 bits per heavy atom. The molecular weight excluding hydrogens is 244 g/mol. The van der Waals surface area contributed by atoms with Gasteiger partial charge in [-0.05, 0) is 0 Å². The van der Waals surface area contributed by atoms with Crippen LogP contribution in [0.25, 0.3) is 0 Å². The maximum Gasteiger partial charge on any atom is 0.268 e. The Kier molecular flexibility index (Phi) is 3.09. The summed E-state index contributed by atoms with van der Waals surface area (Å²) >= 11 is 0. The minimum absolute atomic E-state index is 0.0567. The summed E-state index contributed by atoms with van der Waals surface area (Å²) in [4.78, 5) is 17.2. The molecule has 4 atom stereocenters. The number of primary amides is 1. The standard InChI is InChI=1S/C9H14N4O5/c10-7(17)3-1-12-8(13-3)9(11)6(16)5(15)4(2-14)18-9/h1,4-6,14-16H,2,11H2,(H2,10,17)(H,12,13)/t4-,5-,6-,9?/m1/s1. The largest absolute Gasteiger partial charge is 0.394 e. The van der Waals surface area contributed by atoms with Crippen LogP contribution in [0.2, 0.25) is 0 Å². The van der Waals surface area contributed by atoms with Gasteiger partial charge in [0.2, 0.25) is 5.72 Å². The van der Waals surface area contributed by atoms with Crippen molar-refractivity contribution in [2.75, 3.05) is 6.61 Å². The molecule has 1 aromatic heterocycles. The van der Waals surface area contributed by atoms with E-state index in [0.717, 1.165) is 0 Å². The van der Waals surface area contributed by atoms with Gasteiger partial charge in [-0.2, -0.15) is 0 Å². The summed E-state index contributed by atoms with van der Waals surface area (Å²) in [5.41, 5.74) is 8.92. The molecule has 2 heterocycles. The second-order valence-electron chi connectivity index (χ2n) is 4.07. The van der Waals surface area contributed by atoms with Crippen molar-refractivity contribution >= 4 is 5.91 Å². The minimum Gasteiger partial charge on any atom is -0.394 e. The normalized spacial score (nSPS) is 35.9. The minimum atomic E-state index is -1.83. The van der Waals surface area contributed by atoms with E-state index in [1.54, 1.807) is 0 Å². The third kappa shape index (κ3) is 1.78. The molecule has 1 amide bonds. The molecule has 0 saturated carbocycles. The Hall–Kier alpha value is -1.52. The van der Waals surface area contributed by atoms with Crippen LogP contribution >= 0.6 is 0 Å². The van der Waals surface area contributed by atoms with Crippen molar-refractivity contribution in [2.24, 2.45) is 11.5 Å². The van der Waals surface area contributed by atoms with E-state index < -0.39 is 36.6 Å². The first-order valence-electron chi connectivity index (χ1n) is 5.19. The lowest BCUT2D eigenvalue weighted by Crippen LogP contribution is -2.49. The third-order valence-corrected chi connectivity index (χ3v) is 2.87. The van der Waals surface area contributed by atoms with E-state index >= 15 is 0 Å². The van der Waals surface area contributed by atoms with Gasteiger partial charge in [0.1, 0.15) is 24.0 Å². The molecule has 1 aliphatic heterocycles. The lowest BCUT2D eigenvalue weighted by Gasteiger charge is -2.24. The van der Waals surface area contributed by atoms with Gasteiger partial charge in [-0.15, -0.1) is 0 Å². The van der Waals surface area contributed by atoms with Gasteiger partial charge in [0.05, 0.1) is 6.61 Å². The van der Waals surface area contributed by atoms with Gasteiger partial charge in [0, 0.05) is 6.20 Å². The highest BCUT2D eigenvalue weighted by Gasteiger charge is 2.54. The summed E-state index contributed by atoms with van der Waals surface area (Å²) in [5, 5.41) is 28.4. The van der Waals surface area contributed by atoms with Crippen LogP contribution < -0.4 is 11.5 Å². The Morgan fingerprint density at radius 3 is 2.72 bits per heavy atom. The number of imidazole rings is 1. The van der Waals surface area contributed by atoms with Crippen LogP contribution in [0.3, 0.4) is 0 Å². The van der Waals surface area contributed by atoms with E-state index in [4.69, 9.17) is 21.3 Å². The first-order chi connectivity index (χ1) is 8.40. The second kappa shape index (κ2) is 4.30. The van der Waals surface area contributed by atoms with E-state index in [-0.39, 0.29) is 11.5 Å². The molecule has 1 fully saturated rings. The topological polar surface area (TPSA) is 168 Å². The molecule has 1 saturated heterocycles. The summed E-state index contributed by atoms with van der Waals surface area (Å²) in [6, 6.07) is 0. The van der Waals surface area contributed by atoms with Crippen molar-refractivity contribution in [3.63, 3.8) is 0 Å². The molecule has 1 aliphatic rings. The molecular formula is C9H14N4O5.